The van der Waals surface area contributed by atoms with Crippen LogP contribution >= 0.6 is 27.3 Å². The Kier molecular flexibility index (Phi) is 4.45. The first-order chi connectivity index (χ1) is 14.1. The van der Waals surface area contributed by atoms with Crippen LogP contribution in [0.3, 0.4) is 0 Å². The van der Waals surface area contributed by atoms with Gasteiger partial charge in [-0.3, -0.25) is 14.4 Å². The Morgan fingerprint density at radius 3 is 2.83 bits per heavy atom. The standard InChI is InChI=1S/C23H15BrN2O2S/c24-17-8-9-20-19(11-17)16(12-25-20)10-21-22(27)26(23(28)29-21)13-15-6-3-5-14-4-1-2-7-18(14)15/h1-12,27H,13H2/b16-10-. The van der Waals surface area contributed by atoms with Crippen LogP contribution in [0.2, 0.25) is 0 Å². The fraction of sp³-hybridized carbons (Fsp3) is 0.0435. The molecule has 1 aliphatic heterocycles. The van der Waals surface area contributed by atoms with Crippen LogP contribution in [0.4, 0.5) is 5.69 Å². The molecule has 0 amide bonds. The highest BCUT2D eigenvalue weighted by molar-refractivity contribution is 9.10. The minimum Gasteiger partial charge on any atom is -0.493 e. The molecule has 4 nitrogen and oxygen atoms in total. The predicted molar refractivity (Wildman–Crippen MR) is 123 cm³/mol. The largest absolute Gasteiger partial charge is 0.493 e. The number of hydrogen-bond donors (Lipinski definition) is 1. The molecule has 0 bridgehead atoms. The maximum Gasteiger partial charge on any atom is 0.310 e. The molecular weight excluding hydrogens is 448 g/mol. The number of thiazole rings is 1. The fourth-order valence-corrected chi connectivity index (χ4v) is 4.76. The van der Waals surface area contributed by atoms with Gasteiger partial charge in [0.2, 0.25) is 5.88 Å². The number of nitrogens with zero attached hydrogens (tertiary/aromatic N) is 2. The summed E-state index contributed by atoms with van der Waals surface area (Å²) in [4.78, 5) is 17.4. The smallest absolute Gasteiger partial charge is 0.310 e. The van der Waals surface area contributed by atoms with Crippen LogP contribution in [0, 0.1) is 0 Å². The van der Waals surface area contributed by atoms with Crippen LogP contribution in [0.25, 0.3) is 22.4 Å². The molecule has 0 saturated heterocycles. The van der Waals surface area contributed by atoms with Crippen LogP contribution in [-0.2, 0) is 6.54 Å². The third-order valence-corrected chi connectivity index (χ3v) is 6.41. The van der Waals surface area contributed by atoms with Gasteiger partial charge >= 0.3 is 4.87 Å². The van der Waals surface area contributed by atoms with Crippen molar-refractivity contribution in [2.75, 3.05) is 0 Å². The van der Waals surface area contributed by atoms with Gasteiger partial charge in [-0.05, 0) is 40.6 Å². The van der Waals surface area contributed by atoms with Crippen LogP contribution < -0.4 is 4.87 Å². The van der Waals surface area contributed by atoms with Crippen LogP contribution in [-0.4, -0.2) is 15.9 Å². The number of rotatable bonds is 3. The number of fused-ring (bicyclic) bond motifs is 2. The van der Waals surface area contributed by atoms with Gasteiger partial charge in [-0.2, -0.15) is 0 Å². The number of benzene rings is 3. The van der Waals surface area contributed by atoms with Crippen molar-refractivity contribution in [1.29, 1.82) is 0 Å². The van der Waals surface area contributed by atoms with E-state index in [9.17, 15) is 9.90 Å². The molecule has 1 N–H and O–H groups in total. The van der Waals surface area contributed by atoms with E-state index in [4.69, 9.17) is 0 Å². The van der Waals surface area contributed by atoms with E-state index in [1.165, 1.54) is 4.57 Å². The number of aliphatic imine (C=N–C) groups is 1. The lowest BCUT2D eigenvalue weighted by Gasteiger charge is -2.08. The maximum atomic E-state index is 12.6. The van der Waals surface area contributed by atoms with Crippen molar-refractivity contribution in [1.82, 2.24) is 4.57 Å². The van der Waals surface area contributed by atoms with E-state index < -0.39 is 0 Å². The number of halogens is 1. The highest BCUT2D eigenvalue weighted by atomic mass is 79.9. The first-order valence-electron chi connectivity index (χ1n) is 9.05. The maximum absolute atomic E-state index is 12.6. The normalized spacial score (nSPS) is 14.0. The summed E-state index contributed by atoms with van der Waals surface area (Å²) in [5.74, 6) is -0.0164. The summed E-state index contributed by atoms with van der Waals surface area (Å²) in [6.45, 7) is 0.321. The fourth-order valence-electron chi connectivity index (χ4n) is 3.57. The van der Waals surface area contributed by atoms with E-state index in [1.807, 2.05) is 66.7 Å². The summed E-state index contributed by atoms with van der Waals surface area (Å²) >= 11 is 4.52. The second-order valence-electron chi connectivity index (χ2n) is 6.80. The Morgan fingerprint density at radius 1 is 1.10 bits per heavy atom. The Balaban J connectivity index is 1.55. The average molecular weight is 463 g/mol. The predicted octanol–water partition coefficient (Wildman–Crippen LogP) is 5.84. The number of allylic oxidation sites excluding steroid dienone is 1. The third kappa shape index (κ3) is 3.24. The summed E-state index contributed by atoms with van der Waals surface area (Å²) in [6.07, 6.45) is 3.58. The molecule has 1 aromatic heterocycles. The van der Waals surface area contributed by atoms with E-state index in [0.29, 0.717) is 11.4 Å². The van der Waals surface area contributed by atoms with Gasteiger partial charge in [0.25, 0.3) is 0 Å². The van der Waals surface area contributed by atoms with Crippen LogP contribution in [0.1, 0.15) is 16.0 Å². The summed E-state index contributed by atoms with van der Waals surface area (Å²) in [6, 6.07) is 19.9. The van der Waals surface area contributed by atoms with E-state index in [2.05, 4.69) is 20.9 Å². The van der Waals surface area contributed by atoms with Crippen LogP contribution in [0.15, 0.2) is 74.9 Å². The second kappa shape index (κ2) is 7.13. The highest BCUT2D eigenvalue weighted by Gasteiger charge is 2.17. The summed E-state index contributed by atoms with van der Waals surface area (Å²) < 4.78 is 2.38. The Hall–Kier alpha value is -2.96. The lowest BCUT2D eigenvalue weighted by Crippen LogP contribution is -2.13. The molecule has 29 heavy (non-hydrogen) atoms. The Morgan fingerprint density at radius 2 is 1.93 bits per heavy atom. The first kappa shape index (κ1) is 18.1. The van der Waals surface area contributed by atoms with Crippen molar-refractivity contribution in [2.24, 2.45) is 4.99 Å². The molecule has 0 unspecified atom stereocenters. The molecule has 4 aromatic rings. The number of aromatic hydroxyl groups is 1. The Labute approximate surface area is 179 Å². The zero-order valence-electron chi connectivity index (χ0n) is 15.2. The van der Waals surface area contributed by atoms with Gasteiger partial charge in [0, 0.05) is 21.8 Å². The van der Waals surface area contributed by atoms with Gasteiger partial charge < -0.3 is 5.11 Å². The number of aromatic nitrogens is 1. The summed E-state index contributed by atoms with van der Waals surface area (Å²) in [5, 5.41) is 13.0. The molecule has 0 radical (unpaired) electrons. The summed E-state index contributed by atoms with van der Waals surface area (Å²) in [5.41, 5.74) is 3.71. The monoisotopic (exact) mass is 462 g/mol. The van der Waals surface area contributed by atoms with Crippen LogP contribution in [0.5, 0.6) is 5.88 Å². The Bertz CT molecular complexity index is 1380. The van der Waals surface area contributed by atoms with Gasteiger partial charge in [0.05, 0.1) is 17.1 Å². The topological polar surface area (TPSA) is 54.6 Å². The lowest BCUT2D eigenvalue weighted by molar-refractivity contribution is 0.421. The zero-order chi connectivity index (χ0) is 20.0. The van der Waals surface area contributed by atoms with Gasteiger partial charge in [0.15, 0.2) is 0 Å². The van der Waals surface area contributed by atoms with Crippen molar-refractivity contribution in [2.45, 2.75) is 6.54 Å². The van der Waals surface area contributed by atoms with Gasteiger partial charge in [-0.15, -0.1) is 0 Å². The van der Waals surface area contributed by atoms with Crippen molar-refractivity contribution < 1.29 is 5.11 Å². The van der Waals surface area contributed by atoms with Crippen molar-refractivity contribution in [3.63, 3.8) is 0 Å². The SMILES string of the molecule is O=c1sc(/C=C2/C=Nc3ccc(Br)cc32)c(O)n1Cc1cccc2ccccc12. The number of hydrogen-bond acceptors (Lipinski definition) is 4. The molecule has 0 atom stereocenters. The molecule has 0 spiro atoms. The van der Waals surface area contributed by atoms with E-state index in [1.54, 1.807) is 6.21 Å². The minimum atomic E-state index is -0.188. The molecule has 3 aromatic carbocycles. The molecule has 0 saturated carbocycles. The lowest BCUT2D eigenvalue weighted by atomic mass is 10.0. The van der Waals surface area contributed by atoms with Crippen molar-refractivity contribution in [3.05, 3.63) is 90.8 Å². The molecule has 0 aliphatic carbocycles. The third-order valence-electron chi connectivity index (χ3n) is 5.00. The van der Waals surface area contributed by atoms with Gasteiger partial charge in [0.1, 0.15) is 0 Å². The average Bonchev–Trinajstić information content (AvgIpc) is 3.24. The van der Waals surface area contributed by atoms with Crippen molar-refractivity contribution in [3.8, 4) is 5.88 Å². The van der Waals surface area contributed by atoms with E-state index in [0.717, 1.165) is 49.0 Å². The second-order valence-corrected chi connectivity index (χ2v) is 8.71. The quantitative estimate of drug-likeness (QED) is 0.415. The molecule has 6 heteroatoms. The molecule has 142 valence electrons. The molecule has 5 rings (SSSR count). The molecule has 1 aliphatic rings. The molecular formula is C23H15BrN2O2S. The zero-order valence-corrected chi connectivity index (χ0v) is 17.6. The molecule has 0 fully saturated rings. The minimum absolute atomic E-state index is 0.0164. The summed E-state index contributed by atoms with van der Waals surface area (Å²) in [7, 11) is 0. The highest BCUT2D eigenvalue weighted by Crippen LogP contribution is 2.36. The molecule has 2 heterocycles. The van der Waals surface area contributed by atoms with E-state index >= 15 is 0 Å². The van der Waals surface area contributed by atoms with Gasteiger partial charge in [-0.25, -0.2) is 0 Å². The van der Waals surface area contributed by atoms with Crippen molar-refractivity contribution >= 4 is 61.6 Å². The van der Waals surface area contributed by atoms with Gasteiger partial charge in [-0.1, -0.05) is 69.7 Å². The van der Waals surface area contributed by atoms with E-state index in [-0.39, 0.29) is 10.8 Å². The first-order valence-corrected chi connectivity index (χ1v) is 10.7.